The lowest BCUT2D eigenvalue weighted by molar-refractivity contribution is 0.244. The Bertz CT molecular complexity index is 525. The molecule has 3 rings (SSSR count). The van der Waals surface area contributed by atoms with E-state index in [4.69, 9.17) is 5.73 Å². The van der Waals surface area contributed by atoms with Crippen LogP contribution in [0.1, 0.15) is 30.7 Å². The van der Waals surface area contributed by atoms with Crippen molar-refractivity contribution in [3.8, 4) is 0 Å². The maximum Gasteiger partial charge on any atom is 0.177 e. The fourth-order valence-electron chi connectivity index (χ4n) is 2.31. The number of imidazole rings is 1. The van der Waals surface area contributed by atoms with E-state index < -0.39 is 0 Å². The van der Waals surface area contributed by atoms with Crippen LogP contribution in [0.15, 0.2) is 12.3 Å². The molecule has 4 nitrogen and oxygen atoms in total. The van der Waals surface area contributed by atoms with Crippen molar-refractivity contribution in [3.63, 3.8) is 0 Å². The number of hydrogen-bond acceptors (Lipinski definition) is 3. The van der Waals surface area contributed by atoms with Crippen LogP contribution < -0.4 is 5.73 Å². The molecule has 84 valence electrons. The number of rotatable bonds is 2. The van der Waals surface area contributed by atoms with E-state index in [1.807, 2.05) is 6.07 Å². The molecule has 0 aliphatic heterocycles. The average Bonchev–Trinajstić information content (AvgIpc) is 2.59. The number of hydrogen-bond donors (Lipinski definition) is 2. The van der Waals surface area contributed by atoms with Gasteiger partial charge >= 0.3 is 0 Å². The molecule has 1 aliphatic carbocycles. The molecule has 0 radical (unpaired) electrons. The molecule has 1 aliphatic rings. The molecule has 0 aromatic carbocycles. The van der Waals surface area contributed by atoms with E-state index in [1.165, 1.54) is 12.0 Å². The number of nitrogens with one attached hydrogen (secondary N) is 1. The van der Waals surface area contributed by atoms with Crippen molar-refractivity contribution in [1.82, 2.24) is 15.0 Å². The summed E-state index contributed by atoms with van der Waals surface area (Å²) in [6.07, 6.45) is 6.09. The van der Waals surface area contributed by atoms with Crippen LogP contribution >= 0.6 is 0 Å². The lowest BCUT2D eigenvalue weighted by Gasteiger charge is -2.37. The van der Waals surface area contributed by atoms with Gasteiger partial charge in [0.2, 0.25) is 0 Å². The number of pyridine rings is 1. The highest BCUT2D eigenvalue weighted by atomic mass is 15.0. The zero-order valence-corrected chi connectivity index (χ0v) is 9.45. The normalized spacial score (nSPS) is 18.6. The summed E-state index contributed by atoms with van der Waals surface area (Å²) in [4.78, 5) is 12.1. The standard InChI is InChI=1S/C12H16N4/c1-8-3-6-14-11-10(8)15-9(16-11)7-12(13)4-2-5-12/h3,6H,2,4-5,7,13H2,1H3,(H,14,15,16). The molecule has 2 aromatic heterocycles. The van der Waals surface area contributed by atoms with Gasteiger partial charge in [0, 0.05) is 18.2 Å². The van der Waals surface area contributed by atoms with E-state index in [9.17, 15) is 0 Å². The number of aromatic nitrogens is 3. The first kappa shape index (κ1) is 9.78. The van der Waals surface area contributed by atoms with Crippen LogP contribution in [-0.4, -0.2) is 20.5 Å². The Labute approximate surface area is 94.3 Å². The Morgan fingerprint density at radius 3 is 2.94 bits per heavy atom. The molecule has 0 bridgehead atoms. The fraction of sp³-hybridized carbons (Fsp3) is 0.500. The van der Waals surface area contributed by atoms with Crippen molar-refractivity contribution in [2.45, 2.75) is 38.1 Å². The van der Waals surface area contributed by atoms with Crippen molar-refractivity contribution in [1.29, 1.82) is 0 Å². The Morgan fingerprint density at radius 2 is 2.31 bits per heavy atom. The maximum atomic E-state index is 6.21. The summed E-state index contributed by atoms with van der Waals surface area (Å²) in [6.45, 7) is 2.06. The van der Waals surface area contributed by atoms with Crippen LogP contribution in [0.25, 0.3) is 11.2 Å². The summed E-state index contributed by atoms with van der Waals surface area (Å²) in [7, 11) is 0. The lowest BCUT2D eigenvalue weighted by atomic mass is 9.75. The molecule has 4 heteroatoms. The smallest absolute Gasteiger partial charge is 0.177 e. The molecule has 1 fully saturated rings. The summed E-state index contributed by atoms with van der Waals surface area (Å²) < 4.78 is 0. The van der Waals surface area contributed by atoms with E-state index in [1.54, 1.807) is 6.20 Å². The van der Waals surface area contributed by atoms with Gasteiger partial charge in [0.25, 0.3) is 0 Å². The van der Waals surface area contributed by atoms with Crippen molar-refractivity contribution in [3.05, 3.63) is 23.7 Å². The zero-order valence-electron chi connectivity index (χ0n) is 9.45. The van der Waals surface area contributed by atoms with E-state index >= 15 is 0 Å². The summed E-state index contributed by atoms with van der Waals surface area (Å²) in [5, 5.41) is 0. The lowest BCUT2D eigenvalue weighted by Crippen LogP contribution is -2.48. The third-order valence-electron chi connectivity index (χ3n) is 3.52. The average molecular weight is 216 g/mol. The third-order valence-corrected chi connectivity index (χ3v) is 3.52. The van der Waals surface area contributed by atoms with Gasteiger partial charge in [-0.3, -0.25) is 0 Å². The van der Waals surface area contributed by atoms with Gasteiger partial charge in [-0.25, -0.2) is 9.97 Å². The van der Waals surface area contributed by atoms with Crippen LogP contribution in [0.3, 0.4) is 0 Å². The highest BCUT2D eigenvalue weighted by Crippen LogP contribution is 2.32. The topological polar surface area (TPSA) is 67.6 Å². The Hall–Kier alpha value is -1.42. The van der Waals surface area contributed by atoms with Crippen LogP contribution in [0.5, 0.6) is 0 Å². The van der Waals surface area contributed by atoms with E-state index in [2.05, 4.69) is 21.9 Å². The van der Waals surface area contributed by atoms with Crippen LogP contribution in [-0.2, 0) is 6.42 Å². The van der Waals surface area contributed by atoms with Gasteiger partial charge in [-0.1, -0.05) is 0 Å². The van der Waals surface area contributed by atoms with Gasteiger partial charge in [-0.2, -0.15) is 0 Å². The highest BCUT2D eigenvalue weighted by Gasteiger charge is 2.33. The minimum absolute atomic E-state index is 0.0260. The van der Waals surface area contributed by atoms with E-state index in [0.29, 0.717) is 0 Å². The molecule has 0 unspecified atom stereocenters. The molecule has 0 atom stereocenters. The summed E-state index contributed by atoms with van der Waals surface area (Å²) >= 11 is 0. The number of nitrogens with zero attached hydrogens (tertiary/aromatic N) is 2. The molecule has 0 saturated heterocycles. The van der Waals surface area contributed by atoms with Crippen LogP contribution in [0.4, 0.5) is 0 Å². The number of aryl methyl sites for hydroxylation is 1. The molecule has 3 N–H and O–H groups in total. The Kier molecular flexibility index (Phi) is 2.01. The van der Waals surface area contributed by atoms with Gasteiger partial charge in [-0.05, 0) is 37.8 Å². The molecule has 16 heavy (non-hydrogen) atoms. The van der Waals surface area contributed by atoms with E-state index in [0.717, 1.165) is 36.3 Å². The van der Waals surface area contributed by atoms with Gasteiger partial charge in [0.05, 0.1) is 5.52 Å². The first-order valence-corrected chi connectivity index (χ1v) is 5.75. The first-order valence-electron chi connectivity index (χ1n) is 5.75. The van der Waals surface area contributed by atoms with Crippen LogP contribution in [0, 0.1) is 6.92 Å². The minimum Gasteiger partial charge on any atom is -0.340 e. The second-order valence-corrected chi connectivity index (χ2v) is 4.90. The molecular weight excluding hydrogens is 200 g/mol. The quantitative estimate of drug-likeness (QED) is 0.802. The number of fused-ring (bicyclic) bond motifs is 1. The second-order valence-electron chi connectivity index (χ2n) is 4.90. The van der Waals surface area contributed by atoms with Crippen molar-refractivity contribution in [2.75, 3.05) is 0 Å². The van der Waals surface area contributed by atoms with E-state index in [-0.39, 0.29) is 5.54 Å². The Balaban J connectivity index is 1.96. The van der Waals surface area contributed by atoms with Gasteiger partial charge in [-0.15, -0.1) is 0 Å². The molecular formula is C12H16N4. The van der Waals surface area contributed by atoms with Crippen molar-refractivity contribution >= 4 is 11.2 Å². The van der Waals surface area contributed by atoms with Gasteiger partial charge < -0.3 is 10.7 Å². The Morgan fingerprint density at radius 1 is 1.50 bits per heavy atom. The minimum atomic E-state index is -0.0260. The summed E-state index contributed by atoms with van der Waals surface area (Å²) in [5.41, 5.74) is 9.22. The third kappa shape index (κ3) is 1.50. The summed E-state index contributed by atoms with van der Waals surface area (Å²) in [6, 6.07) is 1.99. The maximum absolute atomic E-state index is 6.21. The molecule has 0 spiro atoms. The second kappa shape index (κ2) is 3.28. The number of nitrogens with two attached hydrogens (primary N) is 1. The zero-order chi connectivity index (χ0) is 11.2. The SMILES string of the molecule is Cc1ccnc2nc(CC3(N)CCC3)[nH]c12. The first-order chi connectivity index (χ1) is 7.66. The fourth-order valence-corrected chi connectivity index (χ4v) is 2.31. The summed E-state index contributed by atoms with van der Waals surface area (Å²) in [5.74, 6) is 0.971. The monoisotopic (exact) mass is 216 g/mol. The largest absolute Gasteiger partial charge is 0.340 e. The van der Waals surface area contributed by atoms with Gasteiger partial charge in [0.1, 0.15) is 5.82 Å². The predicted molar refractivity (Wildman–Crippen MR) is 63.1 cm³/mol. The van der Waals surface area contributed by atoms with Crippen molar-refractivity contribution in [2.24, 2.45) is 5.73 Å². The number of aromatic amines is 1. The number of H-pyrrole nitrogens is 1. The highest BCUT2D eigenvalue weighted by molar-refractivity contribution is 5.74. The van der Waals surface area contributed by atoms with Crippen LogP contribution in [0.2, 0.25) is 0 Å². The van der Waals surface area contributed by atoms with Gasteiger partial charge in [0.15, 0.2) is 5.65 Å². The molecule has 2 aromatic rings. The molecule has 1 saturated carbocycles. The van der Waals surface area contributed by atoms with Crippen molar-refractivity contribution < 1.29 is 0 Å². The predicted octanol–water partition coefficient (Wildman–Crippen LogP) is 1.69. The molecule has 0 amide bonds. The molecule has 2 heterocycles.